The summed E-state index contributed by atoms with van der Waals surface area (Å²) in [5.74, 6) is 1.63. The van der Waals surface area contributed by atoms with Crippen LogP contribution in [0.4, 0.5) is 0 Å². The molecule has 3 aromatic rings. The van der Waals surface area contributed by atoms with Crippen LogP contribution in [-0.4, -0.2) is 19.1 Å². The Kier molecular flexibility index (Phi) is 5.72. The number of halogens is 1. The lowest BCUT2D eigenvalue weighted by atomic mass is 10.1. The van der Waals surface area contributed by atoms with Gasteiger partial charge in [0.1, 0.15) is 16.2 Å². The molecule has 0 fully saturated rings. The Hall–Kier alpha value is -2.12. The first-order chi connectivity index (χ1) is 12.8. The fraction of sp³-hybridized carbons (Fsp3) is 0.368. The molecule has 0 aliphatic rings. The SMILES string of the molecule is CC(C)Cc1nc(SCc2ccc(Cl)cc2)c2c(=O)n(C)c(=O)n(C)c2n1. The molecule has 0 atom stereocenters. The second kappa shape index (κ2) is 7.86. The van der Waals surface area contributed by atoms with E-state index in [1.54, 1.807) is 7.05 Å². The van der Waals surface area contributed by atoms with Crippen molar-refractivity contribution < 1.29 is 0 Å². The molecule has 0 radical (unpaired) electrons. The second-order valence-electron chi connectivity index (χ2n) is 6.86. The van der Waals surface area contributed by atoms with Gasteiger partial charge in [-0.2, -0.15) is 0 Å². The summed E-state index contributed by atoms with van der Waals surface area (Å²) in [6, 6.07) is 7.56. The summed E-state index contributed by atoms with van der Waals surface area (Å²) in [4.78, 5) is 34.2. The largest absolute Gasteiger partial charge is 0.332 e. The van der Waals surface area contributed by atoms with Gasteiger partial charge in [-0.3, -0.25) is 13.9 Å². The number of nitrogens with zero attached hydrogens (tertiary/aromatic N) is 4. The van der Waals surface area contributed by atoms with Crippen molar-refractivity contribution in [1.82, 2.24) is 19.1 Å². The second-order valence-corrected chi connectivity index (χ2v) is 8.26. The quantitative estimate of drug-likeness (QED) is 0.482. The fourth-order valence-electron chi connectivity index (χ4n) is 2.77. The monoisotopic (exact) mass is 404 g/mol. The topological polar surface area (TPSA) is 69.8 Å². The number of fused-ring (bicyclic) bond motifs is 1. The van der Waals surface area contributed by atoms with Crippen molar-refractivity contribution in [2.45, 2.75) is 31.0 Å². The molecule has 8 heteroatoms. The van der Waals surface area contributed by atoms with E-state index in [9.17, 15) is 9.59 Å². The van der Waals surface area contributed by atoms with E-state index in [1.165, 1.54) is 23.4 Å². The molecule has 0 amide bonds. The summed E-state index contributed by atoms with van der Waals surface area (Å²) in [5.41, 5.74) is 0.689. The van der Waals surface area contributed by atoms with E-state index >= 15 is 0 Å². The first-order valence-electron chi connectivity index (χ1n) is 8.61. The Morgan fingerprint density at radius 3 is 2.37 bits per heavy atom. The number of hydrogen-bond acceptors (Lipinski definition) is 5. The Morgan fingerprint density at radius 2 is 1.74 bits per heavy atom. The average Bonchev–Trinajstić information content (AvgIpc) is 2.63. The molecule has 0 saturated carbocycles. The molecule has 0 bridgehead atoms. The first kappa shape index (κ1) is 19.6. The number of aromatic nitrogens is 4. The molecule has 27 heavy (non-hydrogen) atoms. The molecule has 0 unspecified atom stereocenters. The predicted octanol–water partition coefficient (Wildman–Crippen LogP) is 3.17. The van der Waals surface area contributed by atoms with Crippen molar-refractivity contribution in [3.63, 3.8) is 0 Å². The van der Waals surface area contributed by atoms with Crippen molar-refractivity contribution in [3.8, 4) is 0 Å². The number of rotatable bonds is 5. The minimum absolute atomic E-state index is 0.361. The molecule has 1 aromatic carbocycles. The van der Waals surface area contributed by atoms with E-state index < -0.39 is 5.69 Å². The lowest BCUT2D eigenvalue weighted by Gasteiger charge is -2.12. The van der Waals surface area contributed by atoms with Crippen LogP contribution in [0.15, 0.2) is 38.9 Å². The van der Waals surface area contributed by atoms with Gasteiger partial charge in [0.2, 0.25) is 0 Å². The van der Waals surface area contributed by atoms with Crippen LogP contribution >= 0.6 is 23.4 Å². The van der Waals surface area contributed by atoms with Crippen molar-refractivity contribution in [1.29, 1.82) is 0 Å². The first-order valence-corrected chi connectivity index (χ1v) is 9.98. The van der Waals surface area contributed by atoms with Crippen LogP contribution in [0.3, 0.4) is 0 Å². The van der Waals surface area contributed by atoms with Crippen LogP contribution in [-0.2, 0) is 26.3 Å². The molecule has 6 nitrogen and oxygen atoms in total. The van der Waals surface area contributed by atoms with Crippen LogP contribution in [0, 0.1) is 5.92 Å². The van der Waals surface area contributed by atoms with Gasteiger partial charge in [0.05, 0.1) is 0 Å². The van der Waals surface area contributed by atoms with Crippen LogP contribution < -0.4 is 11.2 Å². The smallest absolute Gasteiger partial charge is 0.280 e. The zero-order chi connectivity index (χ0) is 19.7. The molecule has 0 saturated heterocycles. The fourth-order valence-corrected chi connectivity index (χ4v) is 3.88. The molecule has 142 valence electrons. The van der Waals surface area contributed by atoms with Gasteiger partial charge in [0.15, 0.2) is 5.65 Å². The highest BCUT2D eigenvalue weighted by atomic mass is 35.5. The van der Waals surface area contributed by atoms with Gasteiger partial charge >= 0.3 is 5.69 Å². The Bertz CT molecular complexity index is 1100. The highest BCUT2D eigenvalue weighted by molar-refractivity contribution is 7.98. The van der Waals surface area contributed by atoms with Crippen LogP contribution in [0.25, 0.3) is 11.0 Å². The van der Waals surface area contributed by atoms with E-state index in [1.807, 2.05) is 24.3 Å². The van der Waals surface area contributed by atoms with Crippen molar-refractivity contribution in [2.75, 3.05) is 0 Å². The third-order valence-electron chi connectivity index (χ3n) is 4.19. The lowest BCUT2D eigenvalue weighted by molar-refractivity contribution is 0.613. The van der Waals surface area contributed by atoms with E-state index in [4.69, 9.17) is 11.6 Å². The van der Waals surface area contributed by atoms with Gasteiger partial charge < -0.3 is 0 Å². The van der Waals surface area contributed by atoms with Gasteiger partial charge in [-0.1, -0.05) is 37.6 Å². The Balaban J connectivity index is 2.14. The molecular weight excluding hydrogens is 384 g/mol. The molecular formula is C19H21ClN4O2S. The minimum atomic E-state index is -0.393. The standard InChI is InChI=1S/C19H21ClN4O2S/c1-11(2)9-14-21-16-15(18(25)24(4)19(26)23(16)3)17(22-14)27-10-12-5-7-13(20)8-6-12/h5-8,11H,9-10H2,1-4H3. The highest BCUT2D eigenvalue weighted by Crippen LogP contribution is 2.26. The van der Waals surface area contributed by atoms with Crippen molar-refractivity contribution in [3.05, 3.63) is 61.5 Å². The zero-order valence-corrected chi connectivity index (χ0v) is 17.3. The molecule has 3 rings (SSSR count). The summed E-state index contributed by atoms with van der Waals surface area (Å²) < 4.78 is 2.51. The highest BCUT2D eigenvalue weighted by Gasteiger charge is 2.18. The maximum Gasteiger partial charge on any atom is 0.332 e. The number of thioether (sulfide) groups is 1. The normalized spacial score (nSPS) is 11.5. The van der Waals surface area contributed by atoms with Gasteiger partial charge in [0.25, 0.3) is 5.56 Å². The van der Waals surface area contributed by atoms with Gasteiger partial charge in [0, 0.05) is 31.3 Å². The molecule has 0 aliphatic carbocycles. The molecule has 0 spiro atoms. The molecule has 0 N–H and O–H groups in total. The summed E-state index contributed by atoms with van der Waals surface area (Å²) >= 11 is 7.41. The van der Waals surface area contributed by atoms with Crippen molar-refractivity contribution in [2.24, 2.45) is 20.0 Å². The number of benzene rings is 1. The predicted molar refractivity (Wildman–Crippen MR) is 110 cm³/mol. The van der Waals surface area contributed by atoms with Crippen LogP contribution in [0.5, 0.6) is 0 Å². The van der Waals surface area contributed by atoms with E-state index in [-0.39, 0.29) is 5.56 Å². The van der Waals surface area contributed by atoms with Crippen LogP contribution in [0.2, 0.25) is 5.02 Å². The van der Waals surface area contributed by atoms with Crippen LogP contribution in [0.1, 0.15) is 25.2 Å². The van der Waals surface area contributed by atoms with E-state index in [2.05, 4.69) is 23.8 Å². The van der Waals surface area contributed by atoms with Gasteiger partial charge in [-0.05, 0) is 23.6 Å². The number of aryl methyl sites for hydroxylation is 1. The third kappa shape index (κ3) is 4.09. The summed E-state index contributed by atoms with van der Waals surface area (Å²) in [6.07, 6.45) is 0.674. The van der Waals surface area contributed by atoms with Crippen molar-refractivity contribution >= 4 is 34.4 Å². The summed E-state index contributed by atoms with van der Waals surface area (Å²) in [6.45, 7) is 4.16. The summed E-state index contributed by atoms with van der Waals surface area (Å²) in [7, 11) is 3.10. The Labute approximate surface area is 166 Å². The Morgan fingerprint density at radius 1 is 1.07 bits per heavy atom. The van der Waals surface area contributed by atoms with E-state index in [0.29, 0.717) is 45.0 Å². The zero-order valence-electron chi connectivity index (χ0n) is 15.7. The minimum Gasteiger partial charge on any atom is -0.280 e. The average molecular weight is 405 g/mol. The third-order valence-corrected chi connectivity index (χ3v) is 5.49. The lowest BCUT2D eigenvalue weighted by Crippen LogP contribution is -2.37. The summed E-state index contributed by atoms with van der Waals surface area (Å²) in [5, 5.41) is 1.66. The maximum absolute atomic E-state index is 12.8. The number of hydrogen-bond donors (Lipinski definition) is 0. The molecule has 2 aromatic heterocycles. The maximum atomic E-state index is 12.8. The molecule has 0 aliphatic heterocycles. The van der Waals surface area contributed by atoms with Gasteiger partial charge in [-0.25, -0.2) is 14.8 Å². The van der Waals surface area contributed by atoms with E-state index in [0.717, 1.165) is 10.1 Å². The molecule has 2 heterocycles. The van der Waals surface area contributed by atoms with Gasteiger partial charge in [-0.15, -0.1) is 11.8 Å².